The van der Waals surface area contributed by atoms with Crippen LogP contribution in [0.3, 0.4) is 0 Å². The first-order valence-corrected chi connectivity index (χ1v) is 9.61. The molecule has 152 valence electrons. The highest BCUT2D eigenvalue weighted by atomic mass is 16.3. The highest BCUT2D eigenvalue weighted by molar-refractivity contribution is 6.02. The Kier molecular flexibility index (Phi) is 11.0. The maximum absolute atomic E-state index is 12.6. The number of carbonyl (C=O) groups excluding carboxylic acids is 2. The number of aliphatic hydroxyl groups is 1. The van der Waals surface area contributed by atoms with Crippen molar-refractivity contribution in [1.82, 2.24) is 15.3 Å². The van der Waals surface area contributed by atoms with Crippen LogP contribution in [0.5, 0.6) is 0 Å². The van der Waals surface area contributed by atoms with Crippen molar-refractivity contribution in [2.75, 3.05) is 43.4 Å². The summed E-state index contributed by atoms with van der Waals surface area (Å²) in [5.41, 5.74) is 5.81. The summed E-state index contributed by atoms with van der Waals surface area (Å²) in [5, 5.41) is 17.8. The monoisotopic (exact) mass is 380 g/mol. The summed E-state index contributed by atoms with van der Waals surface area (Å²) in [5.74, 6) is 0.0538. The van der Waals surface area contributed by atoms with Crippen LogP contribution in [0.25, 0.3) is 0 Å². The van der Waals surface area contributed by atoms with E-state index in [2.05, 4.69) is 25.9 Å². The quantitative estimate of drug-likeness (QED) is 0.239. The highest BCUT2D eigenvalue weighted by Crippen LogP contribution is 2.21. The second-order valence-electron chi connectivity index (χ2n) is 6.12. The molecule has 0 bridgehead atoms. The molecule has 0 spiro atoms. The highest BCUT2D eigenvalue weighted by Gasteiger charge is 2.22. The fraction of sp³-hybridized carbons (Fsp3) is 0.667. The van der Waals surface area contributed by atoms with Crippen LogP contribution in [0.2, 0.25) is 0 Å². The van der Waals surface area contributed by atoms with Gasteiger partial charge in [0.25, 0.3) is 5.91 Å². The molecular weight excluding hydrogens is 348 g/mol. The molecule has 6 N–H and O–H groups in total. The van der Waals surface area contributed by atoms with E-state index in [1.165, 1.54) is 0 Å². The number of hydrogen-bond acceptors (Lipinski definition) is 8. The Balaban J connectivity index is 3.24. The third-order valence-corrected chi connectivity index (χ3v) is 3.70. The van der Waals surface area contributed by atoms with Crippen LogP contribution < -0.4 is 21.7 Å². The lowest BCUT2D eigenvalue weighted by Crippen LogP contribution is -2.31. The van der Waals surface area contributed by atoms with Crippen molar-refractivity contribution in [2.24, 2.45) is 5.73 Å². The van der Waals surface area contributed by atoms with E-state index in [1.54, 1.807) is 0 Å². The first-order chi connectivity index (χ1) is 13.1. The van der Waals surface area contributed by atoms with Gasteiger partial charge < -0.3 is 26.8 Å². The van der Waals surface area contributed by atoms with E-state index in [0.717, 1.165) is 12.8 Å². The van der Waals surface area contributed by atoms with E-state index in [-0.39, 0.29) is 36.1 Å². The lowest BCUT2D eigenvalue weighted by Gasteiger charge is -2.15. The van der Waals surface area contributed by atoms with Crippen molar-refractivity contribution in [3.05, 3.63) is 11.4 Å². The number of ketones is 1. The second kappa shape index (κ2) is 13.0. The van der Waals surface area contributed by atoms with Gasteiger partial charge in [0, 0.05) is 39.2 Å². The topological polar surface area (TPSA) is 142 Å². The fourth-order valence-corrected chi connectivity index (χ4v) is 2.31. The molecule has 9 heteroatoms. The van der Waals surface area contributed by atoms with Crippen LogP contribution in [0.4, 0.5) is 11.6 Å². The van der Waals surface area contributed by atoms with Crippen LogP contribution in [0.15, 0.2) is 0 Å². The second-order valence-corrected chi connectivity index (χ2v) is 6.12. The minimum absolute atomic E-state index is 0.0451. The predicted octanol–water partition coefficient (Wildman–Crippen LogP) is 1.15. The zero-order chi connectivity index (χ0) is 20.1. The standard InChI is InChI=1S/C18H32N6O3/c1-3-9-20-16-14(13(26)7-5-6-12-25)23-17(21-10-4-2)15(24-16)18(27)22-11-8-19/h25H,3-12,19H2,1-2H3,(H,20,24)(H,21,23)(H,22,27). The number of unbranched alkanes of at least 4 members (excludes halogenated alkanes) is 1. The van der Waals surface area contributed by atoms with Crippen LogP contribution in [0, 0.1) is 0 Å². The molecule has 9 nitrogen and oxygen atoms in total. The Bertz CT molecular complexity index is 609. The molecule has 0 aliphatic rings. The van der Waals surface area contributed by atoms with Crippen molar-refractivity contribution < 1.29 is 14.7 Å². The van der Waals surface area contributed by atoms with Gasteiger partial charge in [0.2, 0.25) is 0 Å². The third kappa shape index (κ3) is 7.48. The van der Waals surface area contributed by atoms with Crippen molar-refractivity contribution >= 4 is 23.3 Å². The maximum atomic E-state index is 12.6. The Labute approximate surface area is 160 Å². The van der Waals surface area contributed by atoms with Crippen LogP contribution in [0.1, 0.15) is 66.9 Å². The zero-order valence-corrected chi connectivity index (χ0v) is 16.3. The van der Waals surface area contributed by atoms with Gasteiger partial charge in [-0.2, -0.15) is 0 Å². The number of Topliss-reactive ketones (excluding diaryl/α,β-unsaturated/α-hetero) is 1. The van der Waals surface area contributed by atoms with E-state index in [9.17, 15) is 9.59 Å². The maximum Gasteiger partial charge on any atom is 0.273 e. The normalized spacial score (nSPS) is 10.5. The summed E-state index contributed by atoms with van der Waals surface area (Å²) in [6.45, 7) is 5.89. The molecule has 0 aromatic carbocycles. The minimum atomic E-state index is -0.384. The lowest BCUT2D eigenvalue weighted by molar-refractivity contribution is 0.0943. The number of nitrogens with zero attached hydrogens (tertiary/aromatic N) is 2. The number of anilines is 2. The van der Waals surface area contributed by atoms with Gasteiger partial charge in [-0.15, -0.1) is 0 Å². The Morgan fingerprint density at radius 1 is 0.963 bits per heavy atom. The Hall–Kier alpha value is -2.26. The number of rotatable bonds is 14. The summed E-state index contributed by atoms with van der Waals surface area (Å²) < 4.78 is 0. The molecule has 0 radical (unpaired) electrons. The fourth-order valence-electron chi connectivity index (χ4n) is 2.31. The van der Waals surface area contributed by atoms with Gasteiger partial charge in [0.05, 0.1) is 0 Å². The van der Waals surface area contributed by atoms with Gasteiger partial charge in [0.1, 0.15) is 0 Å². The molecule has 0 saturated carbocycles. The molecule has 0 saturated heterocycles. The molecule has 1 amide bonds. The lowest BCUT2D eigenvalue weighted by atomic mass is 10.1. The largest absolute Gasteiger partial charge is 0.396 e. The van der Waals surface area contributed by atoms with E-state index >= 15 is 0 Å². The number of carbonyl (C=O) groups is 2. The molecule has 1 aromatic heterocycles. The van der Waals surface area contributed by atoms with Crippen molar-refractivity contribution in [3.63, 3.8) is 0 Å². The molecule has 0 aliphatic carbocycles. The molecule has 0 unspecified atom stereocenters. The number of nitrogens with two attached hydrogens (primary N) is 1. The summed E-state index contributed by atoms with van der Waals surface area (Å²) >= 11 is 0. The molecule has 27 heavy (non-hydrogen) atoms. The summed E-state index contributed by atoms with van der Waals surface area (Å²) in [6, 6.07) is 0. The molecular formula is C18H32N6O3. The van der Waals surface area contributed by atoms with Gasteiger partial charge >= 0.3 is 0 Å². The van der Waals surface area contributed by atoms with Gasteiger partial charge in [0.15, 0.2) is 28.8 Å². The van der Waals surface area contributed by atoms with Gasteiger partial charge in [-0.3, -0.25) is 9.59 Å². The van der Waals surface area contributed by atoms with Crippen molar-refractivity contribution in [1.29, 1.82) is 0 Å². The summed E-state index contributed by atoms with van der Waals surface area (Å²) in [4.78, 5) is 33.9. The molecule has 0 atom stereocenters. The van der Waals surface area contributed by atoms with Crippen LogP contribution in [-0.2, 0) is 0 Å². The zero-order valence-electron chi connectivity index (χ0n) is 16.3. The van der Waals surface area contributed by atoms with Crippen molar-refractivity contribution in [2.45, 2.75) is 46.0 Å². The first kappa shape index (κ1) is 22.8. The SMILES string of the molecule is CCCNc1nc(C(=O)NCCN)c(NCCC)nc1C(=O)CCCCO. The summed E-state index contributed by atoms with van der Waals surface area (Å²) in [6.07, 6.45) is 3.06. The number of hydrogen-bond donors (Lipinski definition) is 5. The van der Waals surface area contributed by atoms with Crippen molar-refractivity contribution in [3.8, 4) is 0 Å². The number of aliphatic hydroxyl groups excluding tert-OH is 1. The van der Waals surface area contributed by atoms with Gasteiger partial charge in [-0.05, 0) is 25.7 Å². The molecule has 1 aromatic rings. The average Bonchev–Trinajstić information content (AvgIpc) is 2.68. The Morgan fingerprint density at radius 3 is 2.11 bits per heavy atom. The molecule has 1 heterocycles. The Morgan fingerprint density at radius 2 is 1.56 bits per heavy atom. The smallest absolute Gasteiger partial charge is 0.273 e. The predicted molar refractivity (Wildman–Crippen MR) is 106 cm³/mol. The minimum Gasteiger partial charge on any atom is -0.396 e. The summed E-state index contributed by atoms with van der Waals surface area (Å²) in [7, 11) is 0. The van der Waals surface area contributed by atoms with Gasteiger partial charge in [-0.1, -0.05) is 13.8 Å². The molecule has 0 aliphatic heterocycles. The number of amides is 1. The number of aromatic nitrogens is 2. The van der Waals surface area contributed by atoms with Gasteiger partial charge in [-0.25, -0.2) is 9.97 Å². The van der Waals surface area contributed by atoms with E-state index in [4.69, 9.17) is 10.8 Å². The van der Waals surface area contributed by atoms with Crippen LogP contribution in [-0.4, -0.2) is 59.6 Å². The molecule has 0 fully saturated rings. The van der Waals surface area contributed by atoms with E-state index < -0.39 is 0 Å². The third-order valence-electron chi connectivity index (χ3n) is 3.70. The van der Waals surface area contributed by atoms with Crippen LogP contribution >= 0.6 is 0 Å². The van der Waals surface area contributed by atoms with E-state index in [0.29, 0.717) is 50.7 Å². The first-order valence-electron chi connectivity index (χ1n) is 9.61. The average molecular weight is 380 g/mol. The van der Waals surface area contributed by atoms with E-state index in [1.807, 2.05) is 13.8 Å². The molecule has 1 rings (SSSR count). The number of nitrogens with one attached hydrogen (secondary N) is 3.